The van der Waals surface area contributed by atoms with Crippen molar-refractivity contribution in [2.45, 2.75) is 6.42 Å². The summed E-state index contributed by atoms with van der Waals surface area (Å²) in [4.78, 5) is 21.4. The molecule has 0 saturated carbocycles. The molecule has 1 aromatic carbocycles. The molecule has 16 heavy (non-hydrogen) atoms. The summed E-state index contributed by atoms with van der Waals surface area (Å²) in [6.45, 7) is 0. The van der Waals surface area contributed by atoms with Gasteiger partial charge in [0.2, 0.25) is 5.91 Å². The van der Waals surface area contributed by atoms with E-state index in [1.807, 2.05) is 0 Å². The second-order valence-corrected chi connectivity index (χ2v) is 4.12. The topological polar surface area (TPSA) is 66.4 Å². The van der Waals surface area contributed by atoms with Gasteiger partial charge in [-0.25, -0.2) is 4.39 Å². The lowest BCUT2D eigenvalue weighted by molar-refractivity contribution is -0.139. The number of amides is 1. The van der Waals surface area contributed by atoms with E-state index in [0.29, 0.717) is 0 Å². The number of benzene rings is 1. The zero-order chi connectivity index (χ0) is 12.3. The SMILES string of the molecule is O=C(O)CC(=O)Nc1c(Cl)cc(F)cc1Br. The molecule has 0 bridgehead atoms. The molecule has 0 radical (unpaired) electrons. The molecule has 7 heteroatoms. The summed E-state index contributed by atoms with van der Waals surface area (Å²) < 4.78 is 13.1. The quantitative estimate of drug-likeness (QED) is 0.844. The van der Waals surface area contributed by atoms with Gasteiger partial charge in [-0.15, -0.1) is 0 Å². The molecule has 0 fully saturated rings. The molecule has 0 aromatic heterocycles. The number of hydrogen-bond donors (Lipinski definition) is 2. The van der Waals surface area contributed by atoms with Gasteiger partial charge in [-0.05, 0) is 28.1 Å². The number of carboxylic acid groups (broad SMARTS) is 1. The van der Waals surface area contributed by atoms with E-state index in [4.69, 9.17) is 16.7 Å². The molecular formula is C9H6BrClFNO3. The highest BCUT2D eigenvalue weighted by Gasteiger charge is 2.13. The number of carbonyl (C=O) groups is 2. The van der Waals surface area contributed by atoms with Crippen LogP contribution >= 0.6 is 27.5 Å². The van der Waals surface area contributed by atoms with E-state index >= 15 is 0 Å². The van der Waals surface area contributed by atoms with Crippen molar-refractivity contribution in [2.75, 3.05) is 5.32 Å². The number of rotatable bonds is 3. The Morgan fingerprint density at radius 2 is 2.12 bits per heavy atom. The van der Waals surface area contributed by atoms with Crippen LogP contribution in [0.1, 0.15) is 6.42 Å². The first-order valence-electron chi connectivity index (χ1n) is 4.06. The molecule has 0 heterocycles. The fraction of sp³-hybridized carbons (Fsp3) is 0.111. The zero-order valence-corrected chi connectivity index (χ0v) is 10.1. The van der Waals surface area contributed by atoms with Crippen LogP contribution in [0.15, 0.2) is 16.6 Å². The molecule has 4 nitrogen and oxygen atoms in total. The minimum absolute atomic E-state index is 0.00869. The van der Waals surface area contributed by atoms with Gasteiger partial charge in [-0.2, -0.15) is 0 Å². The van der Waals surface area contributed by atoms with Gasteiger partial charge in [0.15, 0.2) is 0 Å². The molecule has 1 rings (SSSR count). The number of carboxylic acids is 1. The van der Waals surface area contributed by atoms with Gasteiger partial charge in [0, 0.05) is 4.47 Å². The van der Waals surface area contributed by atoms with Crippen molar-refractivity contribution in [3.63, 3.8) is 0 Å². The van der Waals surface area contributed by atoms with Gasteiger partial charge in [0.25, 0.3) is 0 Å². The van der Waals surface area contributed by atoms with Crippen molar-refractivity contribution in [3.05, 3.63) is 27.4 Å². The highest BCUT2D eigenvalue weighted by atomic mass is 79.9. The van der Waals surface area contributed by atoms with Crippen LogP contribution in [0.3, 0.4) is 0 Å². The molecule has 1 aromatic rings. The van der Waals surface area contributed by atoms with Crippen LogP contribution in [0, 0.1) is 5.82 Å². The normalized spacial score (nSPS) is 9.94. The maximum atomic E-state index is 12.8. The molecule has 0 aliphatic carbocycles. The lowest BCUT2D eigenvalue weighted by Crippen LogP contribution is -2.16. The molecule has 0 aliphatic heterocycles. The Hall–Kier alpha value is -1.14. The van der Waals surface area contributed by atoms with Crippen molar-refractivity contribution in [2.24, 2.45) is 0 Å². The Morgan fingerprint density at radius 3 is 2.62 bits per heavy atom. The standard InChI is InChI=1S/C9H6BrClFNO3/c10-5-1-4(12)2-6(11)9(5)13-7(14)3-8(15)16/h1-2H,3H2,(H,13,14)(H,15,16). The first-order valence-corrected chi connectivity index (χ1v) is 5.23. The monoisotopic (exact) mass is 309 g/mol. The maximum absolute atomic E-state index is 12.8. The Morgan fingerprint density at radius 1 is 1.50 bits per heavy atom. The molecule has 1 amide bonds. The van der Waals surface area contributed by atoms with Crippen molar-refractivity contribution in [1.29, 1.82) is 0 Å². The van der Waals surface area contributed by atoms with E-state index in [1.165, 1.54) is 0 Å². The van der Waals surface area contributed by atoms with Crippen LogP contribution in [0.5, 0.6) is 0 Å². The highest BCUT2D eigenvalue weighted by Crippen LogP contribution is 2.31. The molecule has 0 unspecified atom stereocenters. The summed E-state index contributed by atoms with van der Waals surface area (Å²) in [5.74, 6) is -2.55. The van der Waals surface area contributed by atoms with Crippen molar-refractivity contribution >= 4 is 45.1 Å². The zero-order valence-electron chi connectivity index (χ0n) is 7.76. The van der Waals surface area contributed by atoms with E-state index in [-0.39, 0.29) is 15.2 Å². The number of aliphatic carboxylic acids is 1. The van der Waals surface area contributed by atoms with E-state index in [9.17, 15) is 14.0 Å². The van der Waals surface area contributed by atoms with Crippen LogP contribution < -0.4 is 5.32 Å². The van der Waals surface area contributed by atoms with Gasteiger partial charge in [0.05, 0.1) is 10.7 Å². The smallest absolute Gasteiger partial charge is 0.312 e. The number of hydrogen-bond acceptors (Lipinski definition) is 2. The lowest BCUT2D eigenvalue weighted by Gasteiger charge is -2.08. The number of anilines is 1. The average molecular weight is 311 g/mol. The molecule has 0 saturated heterocycles. The van der Waals surface area contributed by atoms with Crippen LogP contribution in [-0.4, -0.2) is 17.0 Å². The summed E-state index contributed by atoms with van der Waals surface area (Å²) >= 11 is 8.69. The minimum Gasteiger partial charge on any atom is -0.481 e. The van der Waals surface area contributed by atoms with Crippen molar-refractivity contribution < 1.29 is 19.1 Å². The van der Waals surface area contributed by atoms with Crippen LogP contribution in [0.2, 0.25) is 5.02 Å². The highest BCUT2D eigenvalue weighted by molar-refractivity contribution is 9.10. The van der Waals surface area contributed by atoms with Gasteiger partial charge < -0.3 is 10.4 Å². The predicted molar refractivity (Wildman–Crippen MR) is 60.0 cm³/mol. The fourth-order valence-electron chi connectivity index (χ4n) is 0.983. The van der Waals surface area contributed by atoms with Gasteiger partial charge in [-0.1, -0.05) is 11.6 Å². The largest absolute Gasteiger partial charge is 0.481 e. The third kappa shape index (κ3) is 3.46. The third-order valence-corrected chi connectivity index (χ3v) is 2.51. The lowest BCUT2D eigenvalue weighted by atomic mass is 10.3. The van der Waals surface area contributed by atoms with Gasteiger partial charge in [-0.3, -0.25) is 9.59 Å². The van der Waals surface area contributed by atoms with Gasteiger partial charge >= 0.3 is 5.97 Å². The summed E-state index contributed by atoms with van der Waals surface area (Å²) in [5.41, 5.74) is 0.148. The Balaban J connectivity index is 2.89. The second-order valence-electron chi connectivity index (χ2n) is 2.86. The summed E-state index contributed by atoms with van der Waals surface area (Å²) in [6.07, 6.45) is -0.680. The first kappa shape index (κ1) is 12.9. The Bertz CT molecular complexity index is 429. The molecule has 86 valence electrons. The summed E-state index contributed by atoms with van der Waals surface area (Å²) in [6, 6.07) is 2.13. The first-order chi connectivity index (χ1) is 7.40. The van der Waals surface area contributed by atoms with E-state index < -0.39 is 24.1 Å². The molecule has 2 N–H and O–H groups in total. The van der Waals surface area contributed by atoms with Crippen LogP contribution in [0.4, 0.5) is 10.1 Å². The van der Waals surface area contributed by atoms with Gasteiger partial charge in [0.1, 0.15) is 12.2 Å². The third-order valence-electron chi connectivity index (χ3n) is 1.58. The number of nitrogens with one attached hydrogen (secondary N) is 1. The Kier molecular flexibility index (Phi) is 4.26. The second kappa shape index (κ2) is 5.27. The molecule has 0 spiro atoms. The van der Waals surface area contributed by atoms with Crippen molar-refractivity contribution in [3.8, 4) is 0 Å². The number of carbonyl (C=O) groups excluding carboxylic acids is 1. The molecule has 0 aliphatic rings. The molecular weight excluding hydrogens is 304 g/mol. The summed E-state index contributed by atoms with van der Waals surface area (Å²) in [5, 5.41) is 10.6. The van der Waals surface area contributed by atoms with E-state index in [1.54, 1.807) is 0 Å². The predicted octanol–water partition coefficient (Wildman–Crippen LogP) is 2.65. The van der Waals surface area contributed by atoms with Crippen LogP contribution in [0.25, 0.3) is 0 Å². The fourth-order valence-corrected chi connectivity index (χ4v) is 1.88. The van der Waals surface area contributed by atoms with Crippen molar-refractivity contribution in [1.82, 2.24) is 0 Å². The van der Waals surface area contributed by atoms with Crippen LogP contribution in [-0.2, 0) is 9.59 Å². The maximum Gasteiger partial charge on any atom is 0.312 e. The number of halogens is 3. The van der Waals surface area contributed by atoms with E-state index in [0.717, 1.165) is 12.1 Å². The van der Waals surface area contributed by atoms with E-state index in [2.05, 4.69) is 21.2 Å². The minimum atomic E-state index is -1.26. The summed E-state index contributed by atoms with van der Waals surface area (Å²) in [7, 11) is 0. The molecule has 0 atom stereocenters. The average Bonchev–Trinajstić information content (AvgIpc) is 2.09. The Labute approximate surface area is 104 Å².